The number of rotatable bonds is 3. The molecule has 1 N–H and O–H groups in total. The van der Waals surface area contributed by atoms with Crippen LogP contribution in [0.4, 0.5) is 16.6 Å². The number of aromatic nitrogens is 2. The van der Waals surface area contributed by atoms with Gasteiger partial charge in [-0.15, -0.1) is 0 Å². The van der Waals surface area contributed by atoms with Crippen LogP contribution in [0.25, 0.3) is 0 Å². The van der Waals surface area contributed by atoms with E-state index in [-0.39, 0.29) is 11.9 Å². The minimum atomic E-state index is -0.273. The van der Waals surface area contributed by atoms with Crippen LogP contribution in [0.2, 0.25) is 0 Å². The number of ether oxygens (including phenoxy) is 1. The lowest BCUT2D eigenvalue weighted by Crippen LogP contribution is -2.49. The number of carbonyl (C=O) groups is 2. The summed E-state index contributed by atoms with van der Waals surface area (Å²) < 4.78 is 5.03. The molecule has 0 atom stereocenters. The molecule has 0 unspecified atom stereocenters. The lowest BCUT2D eigenvalue weighted by atomic mass is 9.95. The Kier molecular flexibility index (Phi) is 4.82. The summed E-state index contributed by atoms with van der Waals surface area (Å²) in [6.45, 7) is 4.63. The van der Waals surface area contributed by atoms with Gasteiger partial charge in [0.15, 0.2) is 5.78 Å². The molecule has 3 rings (SSSR count). The molecule has 1 aliphatic carbocycles. The van der Waals surface area contributed by atoms with Crippen LogP contribution in [0, 0.1) is 0 Å². The first-order valence-electron chi connectivity index (χ1n) is 8.42. The van der Waals surface area contributed by atoms with Crippen molar-refractivity contribution < 1.29 is 14.3 Å². The van der Waals surface area contributed by atoms with E-state index < -0.39 is 0 Å². The van der Waals surface area contributed by atoms with Gasteiger partial charge in [-0.2, -0.15) is 4.98 Å². The van der Waals surface area contributed by atoms with Crippen molar-refractivity contribution in [3.63, 3.8) is 0 Å². The number of Topliss-reactive ketones (excluding diaryl/α,β-unsaturated/α-hetero) is 1. The number of fused-ring (bicyclic) bond motifs is 1. The maximum Gasteiger partial charge on any atom is 0.409 e. The maximum atomic E-state index is 12.1. The second-order valence-electron chi connectivity index (χ2n) is 5.89. The molecule has 1 amide bonds. The van der Waals surface area contributed by atoms with Gasteiger partial charge in [0.25, 0.3) is 0 Å². The van der Waals surface area contributed by atoms with Crippen LogP contribution in [0.5, 0.6) is 0 Å². The molecule has 0 aromatic carbocycles. The van der Waals surface area contributed by atoms with E-state index in [0.717, 1.165) is 18.5 Å². The van der Waals surface area contributed by atoms with Gasteiger partial charge in [-0.3, -0.25) is 4.79 Å². The average molecular weight is 333 g/mol. The van der Waals surface area contributed by atoms with E-state index in [4.69, 9.17) is 4.74 Å². The molecule has 0 radical (unpaired) electrons. The minimum Gasteiger partial charge on any atom is -0.450 e. The fourth-order valence-corrected chi connectivity index (χ4v) is 3.14. The van der Waals surface area contributed by atoms with E-state index in [0.29, 0.717) is 56.5 Å². The van der Waals surface area contributed by atoms with Crippen LogP contribution in [0.15, 0.2) is 0 Å². The number of hydrogen-bond acceptors (Lipinski definition) is 7. The summed E-state index contributed by atoms with van der Waals surface area (Å²) in [4.78, 5) is 36.8. The quantitative estimate of drug-likeness (QED) is 0.892. The van der Waals surface area contributed by atoms with E-state index in [2.05, 4.69) is 20.2 Å². The largest absolute Gasteiger partial charge is 0.450 e. The highest BCUT2D eigenvalue weighted by Crippen LogP contribution is 2.27. The fourth-order valence-electron chi connectivity index (χ4n) is 3.14. The van der Waals surface area contributed by atoms with Gasteiger partial charge in [-0.05, 0) is 19.8 Å². The summed E-state index contributed by atoms with van der Waals surface area (Å²) >= 11 is 0. The average Bonchev–Trinajstić information content (AvgIpc) is 2.61. The first-order chi connectivity index (χ1) is 11.6. The third-order valence-electron chi connectivity index (χ3n) is 4.39. The molecule has 1 saturated heterocycles. The standard InChI is InChI=1S/C16H23N5O3/c1-3-24-16(23)21-9-7-20(8-10-21)15-18-11-5-4-6-12(22)13(11)14(17-2)19-15/h3-10H2,1-2H3,(H,17,18,19). The Morgan fingerprint density at radius 2 is 1.96 bits per heavy atom. The molecule has 2 heterocycles. The smallest absolute Gasteiger partial charge is 0.409 e. The Hall–Kier alpha value is -2.38. The first kappa shape index (κ1) is 16.5. The molecule has 8 heteroatoms. The van der Waals surface area contributed by atoms with Crippen molar-refractivity contribution in [3.8, 4) is 0 Å². The van der Waals surface area contributed by atoms with Gasteiger partial charge in [0.05, 0.1) is 17.9 Å². The lowest BCUT2D eigenvalue weighted by Gasteiger charge is -2.34. The van der Waals surface area contributed by atoms with Gasteiger partial charge in [0, 0.05) is 39.6 Å². The number of hydrogen-bond donors (Lipinski definition) is 1. The van der Waals surface area contributed by atoms with E-state index in [1.54, 1.807) is 18.9 Å². The molecule has 1 aliphatic heterocycles. The Balaban J connectivity index is 1.77. The summed E-state index contributed by atoms with van der Waals surface area (Å²) in [6, 6.07) is 0. The highest BCUT2D eigenvalue weighted by atomic mass is 16.6. The number of amides is 1. The van der Waals surface area contributed by atoms with Gasteiger partial charge in [0.1, 0.15) is 5.82 Å². The predicted molar refractivity (Wildman–Crippen MR) is 89.7 cm³/mol. The van der Waals surface area contributed by atoms with Crippen molar-refractivity contribution in [2.24, 2.45) is 0 Å². The number of nitrogens with zero attached hydrogens (tertiary/aromatic N) is 4. The summed E-state index contributed by atoms with van der Waals surface area (Å²) in [5.41, 5.74) is 1.46. The Morgan fingerprint density at radius 3 is 2.62 bits per heavy atom. The lowest BCUT2D eigenvalue weighted by molar-refractivity contribution is 0.0970. The van der Waals surface area contributed by atoms with Gasteiger partial charge in [-0.1, -0.05) is 0 Å². The van der Waals surface area contributed by atoms with Crippen molar-refractivity contribution >= 4 is 23.6 Å². The van der Waals surface area contributed by atoms with Crippen LogP contribution >= 0.6 is 0 Å². The second kappa shape index (κ2) is 7.02. The molecule has 8 nitrogen and oxygen atoms in total. The molecule has 0 bridgehead atoms. The molecule has 0 saturated carbocycles. The Bertz CT molecular complexity index is 624. The van der Waals surface area contributed by atoms with Crippen molar-refractivity contribution in [3.05, 3.63) is 11.3 Å². The normalized spacial score (nSPS) is 17.5. The molecule has 1 fully saturated rings. The molecule has 2 aliphatic rings. The summed E-state index contributed by atoms with van der Waals surface area (Å²) in [5.74, 6) is 1.34. The number of ketones is 1. The zero-order valence-corrected chi connectivity index (χ0v) is 14.2. The Labute approximate surface area is 141 Å². The molecule has 0 spiro atoms. The van der Waals surface area contributed by atoms with E-state index in [1.807, 2.05) is 0 Å². The maximum absolute atomic E-state index is 12.1. The van der Waals surface area contributed by atoms with E-state index in [1.165, 1.54) is 0 Å². The monoisotopic (exact) mass is 333 g/mol. The van der Waals surface area contributed by atoms with Crippen molar-refractivity contribution in [1.82, 2.24) is 14.9 Å². The van der Waals surface area contributed by atoms with E-state index in [9.17, 15) is 9.59 Å². The van der Waals surface area contributed by atoms with Gasteiger partial charge < -0.3 is 19.9 Å². The van der Waals surface area contributed by atoms with Crippen LogP contribution in [0.3, 0.4) is 0 Å². The number of anilines is 2. The molecule has 1 aromatic rings. The number of carbonyl (C=O) groups excluding carboxylic acids is 2. The molecule has 24 heavy (non-hydrogen) atoms. The summed E-state index contributed by atoms with van der Waals surface area (Å²) in [6.07, 6.45) is 1.92. The molecular weight excluding hydrogens is 310 g/mol. The number of nitrogens with one attached hydrogen (secondary N) is 1. The van der Waals surface area contributed by atoms with Crippen LogP contribution in [-0.4, -0.2) is 66.6 Å². The van der Waals surface area contributed by atoms with Crippen LogP contribution < -0.4 is 10.2 Å². The van der Waals surface area contributed by atoms with Crippen molar-refractivity contribution in [2.75, 3.05) is 50.1 Å². The van der Waals surface area contributed by atoms with Crippen LogP contribution in [0.1, 0.15) is 35.8 Å². The van der Waals surface area contributed by atoms with Gasteiger partial charge in [0.2, 0.25) is 5.95 Å². The van der Waals surface area contributed by atoms with Gasteiger partial charge in [-0.25, -0.2) is 9.78 Å². The topological polar surface area (TPSA) is 87.7 Å². The summed E-state index contributed by atoms with van der Waals surface area (Å²) in [7, 11) is 1.77. The van der Waals surface area contributed by atoms with Crippen LogP contribution in [-0.2, 0) is 11.2 Å². The molecular formula is C16H23N5O3. The first-order valence-corrected chi connectivity index (χ1v) is 8.42. The second-order valence-corrected chi connectivity index (χ2v) is 5.89. The zero-order chi connectivity index (χ0) is 17.1. The molecule has 1 aromatic heterocycles. The van der Waals surface area contributed by atoms with Crippen molar-refractivity contribution in [2.45, 2.75) is 26.2 Å². The zero-order valence-electron chi connectivity index (χ0n) is 14.2. The van der Waals surface area contributed by atoms with E-state index >= 15 is 0 Å². The summed E-state index contributed by atoms with van der Waals surface area (Å²) in [5, 5.41) is 3.03. The fraction of sp³-hybridized carbons (Fsp3) is 0.625. The number of piperazine rings is 1. The third-order valence-corrected chi connectivity index (χ3v) is 4.39. The van der Waals surface area contributed by atoms with Crippen molar-refractivity contribution in [1.29, 1.82) is 0 Å². The number of aryl methyl sites for hydroxylation is 1. The predicted octanol–water partition coefficient (Wildman–Crippen LogP) is 1.32. The molecule has 130 valence electrons. The highest BCUT2D eigenvalue weighted by Gasteiger charge is 2.28. The third kappa shape index (κ3) is 3.13. The Morgan fingerprint density at radius 1 is 1.21 bits per heavy atom. The highest BCUT2D eigenvalue weighted by molar-refractivity contribution is 6.02. The van der Waals surface area contributed by atoms with Gasteiger partial charge >= 0.3 is 6.09 Å². The minimum absolute atomic E-state index is 0.110. The SMILES string of the molecule is CCOC(=O)N1CCN(c2nc3c(c(NC)n2)C(=O)CCC3)CC1.